The van der Waals surface area contributed by atoms with Crippen molar-refractivity contribution in [1.29, 1.82) is 0 Å². The number of aromatic amines is 2. The molecule has 0 spiro atoms. The van der Waals surface area contributed by atoms with Crippen LogP contribution in [0.2, 0.25) is 0 Å². The van der Waals surface area contributed by atoms with E-state index in [1.165, 1.54) is 6.07 Å². The van der Waals surface area contributed by atoms with Gasteiger partial charge >= 0.3 is 5.97 Å². The van der Waals surface area contributed by atoms with Gasteiger partial charge in [0.15, 0.2) is 5.82 Å². The summed E-state index contributed by atoms with van der Waals surface area (Å²) in [6, 6.07) is 3.26. The molecule has 3 aliphatic rings. The molecule has 2 atom stereocenters. The number of fused-ring (bicyclic) bond motifs is 5. The molecule has 7 rings (SSSR count). The minimum absolute atomic E-state index is 0.158. The first-order chi connectivity index (χ1) is 15.1. The van der Waals surface area contributed by atoms with E-state index in [2.05, 4.69) is 30.2 Å². The first-order valence-electron chi connectivity index (χ1n) is 10.3. The summed E-state index contributed by atoms with van der Waals surface area (Å²) in [6.07, 6.45) is 6.09. The molecule has 0 aromatic carbocycles. The number of aliphatic carboxylic acids is 1. The van der Waals surface area contributed by atoms with Gasteiger partial charge in [-0.25, -0.2) is 19.3 Å². The van der Waals surface area contributed by atoms with Crippen LogP contribution in [-0.2, 0) is 4.79 Å². The first-order valence-corrected chi connectivity index (χ1v) is 10.3. The average molecular weight is 421 g/mol. The molecule has 3 fully saturated rings. The number of piperidine rings is 3. The number of aromatic nitrogens is 5. The molecule has 4 aromatic rings. The van der Waals surface area contributed by atoms with E-state index in [0.717, 1.165) is 37.5 Å². The third kappa shape index (κ3) is 2.86. The molecule has 2 unspecified atom stereocenters. The summed E-state index contributed by atoms with van der Waals surface area (Å²) in [5.74, 6) is -0.609. The Balaban J connectivity index is 1.46. The Kier molecular flexibility index (Phi) is 3.97. The zero-order valence-corrected chi connectivity index (χ0v) is 16.5. The Morgan fingerprint density at radius 3 is 2.84 bits per heavy atom. The van der Waals surface area contributed by atoms with Crippen LogP contribution in [0.3, 0.4) is 0 Å². The SMILES string of the molecule is O=C(O)C1C2CCN(CC2)C1Nc1nc(-c2c[nH]c3ncc(F)cc23)nc2[nH]ccc12. The second kappa shape index (κ2) is 6.74. The summed E-state index contributed by atoms with van der Waals surface area (Å²) in [7, 11) is 0. The molecule has 0 radical (unpaired) electrons. The Morgan fingerprint density at radius 1 is 1.19 bits per heavy atom. The molecule has 0 aliphatic carbocycles. The number of hydrogen-bond donors (Lipinski definition) is 4. The monoisotopic (exact) mass is 421 g/mol. The lowest BCUT2D eigenvalue weighted by molar-refractivity contribution is -0.151. The predicted octanol–water partition coefficient (Wildman–Crippen LogP) is 2.80. The van der Waals surface area contributed by atoms with E-state index >= 15 is 0 Å². The lowest BCUT2D eigenvalue weighted by Gasteiger charge is -2.49. The smallest absolute Gasteiger partial charge is 0.310 e. The predicted molar refractivity (Wildman–Crippen MR) is 112 cm³/mol. The fourth-order valence-electron chi connectivity index (χ4n) is 5.03. The quantitative estimate of drug-likeness (QED) is 0.400. The lowest BCUT2D eigenvalue weighted by atomic mass is 9.76. The van der Waals surface area contributed by atoms with Crippen LogP contribution in [0.5, 0.6) is 0 Å². The van der Waals surface area contributed by atoms with Crippen LogP contribution >= 0.6 is 0 Å². The zero-order valence-electron chi connectivity index (χ0n) is 16.5. The molecule has 9 nitrogen and oxygen atoms in total. The Morgan fingerprint density at radius 2 is 2.03 bits per heavy atom. The highest BCUT2D eigenvalue weighted by atomic mass is 19.1. The van der Waals surface area contributed by atoms with Gasteiger partial charge in [-0.05, 0) is 30.9 Å². The van der Waals surface area contributed by atoms with Gasteiger partial charge in [0.2, 0.25) is 0 Å². The van der Waals surface area contributed by atoms with Crippen LogP contribution in [0.1, 0.15) is 12.8 Å². The summed E-state index contributed by atoms with van der Waals surface area (Å²) in [6.45, 7) is 1.74. The van der Waals surface area contributed by atoms with E-state index in [0.29, 0.717) is 33.9 Å². The van der Waals surface area contributed by atoms with Gasteiger partial charge in [0.25, 0.3) is 0 Å². The maximum Gasteiger partial charge on any atom is 0.310 e. The molecule has 31 heavy (non-hydrogen) atoms. The summed E-state index contributed by atoms with van der Waals surface area (Å²) < 4.78 is 13.8. The number of carbonyl (C=O) groups is 1. The van der Waals surface area contributed by atoms with Crippen LogP contribution < -0.4 is 5.32 Å². The van der Waals surface area contributed by atoms with E-state index in [1.54, 1.807) is 12.4 Å². The van der Waals surface area contributed by atoms with Crippen molar-refractivity contribution in [2.45, 2.75) is 19.0 Å². The zero-order chi connectivity index (χ0) is 21.1. The summed E-state index contributed by atoms with van der Waals surface area (Å²) in [5.41, 5.74) is 1.79. The number of halogens is 1. The largest absolute Gasteiger partial charge is 0.481 e. The third-order valence-corrected chi connectivity index (χ3v) is 6.54. The Labute approximate surface area is 175 Å². The maximum atomic E-state index is 13.8. The van der Waals surface area contributed by atoms with Crippen molar-refractivity contribution in [1.82, 2.24) is 29.8 Å². The number of rotatable bonds is 4. The molecule has 0 saturated carbocycles. The molecule has 2 bridgehead atoms. The van der Waals surface area contributed by atoms with Crippen molar-refractivity contribution in [3.05, 3.63) is 36.5 Å². The van der Waals surface area contributed by atoms with Crippen LogP contribution in [0, 0.1) is 17.7 Å². The number of anilines is 1. The number of nitrogens with one attached hydrogen (secondary N) is 3. The Hall–Kier alpha value is -3.53. The standard InChI is InChI=1S/C21H20FN7O2/c22-11-7-13-14(9-25-16(13)24-8-11)19-26-17-12(1-4-23-17)18(27-19)28-20-15(21(30)31)10-2-5-29(20)6-3-10/h1,4,7-10,15,20H,2-3,5-6H2,(H,24,25)(H,30,31)(H2,23,26,27,28). The van der Waals surface area contributed by atoms with Gasteiger partial charge < -0.3 is 20.4 Å². The fraction of sp³-hybridized carbons (Fsp3) is 0.333. The highest BCUT2D eigenvalue weighted by Crippen LogP contribution is 2.38. The molecule has 158 valence electrons. The van der Waals surface area contributed by atoms with E-state index < -0.39 is 17.7 Å². The number of hydrogen-bond acceptors (Lipinski definition) is 6. The number of carboxylic acid groups (broad SMARTS) is 1. The number of nitrogens with zero attached hydrogens (tertiary/aromatic N) is 4. The van der Waals surface area contributed by atoms with Gasteiger partial charge in [0.05, 0.1) is 23.7 Å². The van der Waals surface area contributed by atoms with Gasteiger partial charge in [-0.2, -0.15) is 0 Å². The fourth-order valence-corrected chi connectivity index (χ4v) is 5.03. The van der Waals surface area contributed by atoms with Gasteiger partial charge in [-0.3, -0.25) is 9.69 Å². The van der Waals surface area contributed by atoms with Gasteiger partial charge in [0.1, 0.15) is 22.9 Å². The topological polar surface area (TPSA) is 123 Å². The van der Waals surface area contributed by atoms with Gasteiger partial charge in [-0.15, -0.1) is 0 Å². The first kappa shape index (κ1) is 18.3. The van der Waals surface area contributed by atoms with Crippen molar-refractivity contribution in [2.24, 2.45) is 11.8 Å². The molecular weight excluding hydrogens is 401 g/mol. The third-order valence-electron chi connectivity index (χ3n) is 6.54. The molecule has 10 heteroatoms. The molecule has 7 heterocycles. The van der Waals surface area contributed by atoms with Crippen LogP contribution in [0.4, 0.5) is 10.2 Å². The minimum Gasteiger partial charge on any atom is -0.481 e. The summed E-state index contributed by atoms with van der Waals surface area (Å²) in [5, 5.41) is 14.6. The number of H-pyrrole nitrogens is 2. The second-order valence-electron chi connectivity index (χ2n) is 8.21. The van der Waals surface area contributed by atoms with Crippen LogP contribution in [0.25, 0.3) is 33.5 Å². The van der Waals surface area contributed by atoms with E-state index in [9.17, 15) is 14.3 Å². The molecule has 0 amide bonds. The number of pyridine rings is 1. The van der Waals surface area contributed by atoms with Crippen LogP contribution in [-0.4, -0.2) is 60.2 Å². The normalized spacial score (nSPS) is 25.3. The van der Waals surface area contributed by atoms with Crippen molar-refractivity contribution < 1.29 is 14.3 Å². The molecule has 3 aliphatic heterocycles. The van der Waals surface area contributed by atoms with E-state index in [1.807, 2.05) is 6.07 Å². The van der Waals surface area contributed by atoms with Crippen molar-refractivity contribution >= 4 is 33.9 Å². The highest BCUT2D eigenvalue weighted by Gasteiger charge is 2.46. The van der Waals surface area contributed by atoms with E-state index in [-0.39, 0.29) is 12.1 Å². The van der Waals surface area contributed by atoms with Crippen LogP contribution in [0.15, 0.2) is 30.7 Å². The van der Waals surface area contributed by atoms with Gasteiger partial charge in [-0.1, -0.05) is 0 Å². The second-order valence-corrected chi connectivity index (χ2v) is 8.21. The summed E-state index contributed by atoms with van der Waals surface area (Å²) in [4.78, 5) is 33.8. The molecule has 3 saturated heterocycles. The Bertz CT molecular complexity index is 1310. The molecular formula is C21H20FN7O2. The summed E-state index contributed by atoms with van der Waals surface area (Å²) >= 11 is 0. The average Bonchev–Trinajstić information content (AvgIpc) is 3.41. The van der Waals surface area contributed by atoms with Crippen molar-refractivity contribution in [3.63, 3.8) is 0 Å². The highest BCUT2D eigenvalue weighted by molar-refractivity contribution is 5.95. The number of carboxylic acids is 1. The van der Waals surface area contributed by atoms with Crippen molar-refractivity contribution in [2.75, 3.05) is 18.4 Å². The van der Waals surface area contributed by atoms with Crippen molar-refractivity contribution in [3.8, 4) is 11.4 Å². The molecule has 4 N–H and O–H groups in total. The van der Waals surface area contributed by atoms with E-state index in [4.69, 9.17) is 4.98 Å². The minimum atomic E-state index is -0.787. The maximum absolute atomic E-state index is 13.8. The lowest BCUT2D eigenvalue weighted by Crippen LogP contribution is -2.60. The molecule has 4 aromatic heterocycles. The van der Waals surface area contributed by atoms with Gasteiger partial charge in [0, 0.05) is 36.4 Å².